The van der Waals surface area contributed by atoms with E-state index in [9.17, 15) is 10.1 Å². The molecule has 6 heteroatoms. The standard InChI is InChI=1S/C14H11BrClNO3/c1-9-6-10(8-16)2-5-13(9)20-14-7-11(17(18)19)3-4-12(14)15/h2-7H,8H2,1H3. The second kappa shape index (κ2) is 6.24. The Balaban J connectivity index is 2.34. The van der Waals surface area contributed by atoms with Gasteiger partial charge in [0, 0.05) is 11.9 Å². The van der Waals surface area contributed by atoms with E-state index >= 15 is 0 Å². The number of alkyl halides is 1. The number of nitro groups is 1. The third-order valence-corrected chi connectivity index (χ3v) is 3.70. The smallest absolute Gasteiger partial charge is 0.273 e. The molecular formula is C14H11BrClNO3. The van der Waals surface area contributed by atoms with Crippen LogP contribution in [-0.2, 0) is 5.88 Å². The Bertz CT molecular complexity index is 661. The molecule has 20 heavy (non-hydrogen) atoms. The average Bonchev–Trinajstić information content (AvgIpc) is 2.42. The van der Waals surface area contributed by atoms with Crippen LogP contribution < -0.4 is 4.74 Å². The average molecular weight is 357 g/mol. The zero-order valence-electron chi connectivity index (χ0n) is 10.6. The van der Waals surface area contributed by atoms with Gasteiger partial charge in [-0.05, 0) is 46.1 Å². The number of non-ortho nitro benzene ring substituents is 1. The molecule has 2 aromatic carbocycles. The first-order valence-electron chi connectivity index (χ1n) is 5.78. The first kappa shape index (κ1) is 14.8. The summed E-state index contributed by atoms with van der Waals surface area (Å²) in [5.41, 5.74) is 1.90. The third-order valence-electron chi connectivity index (χ3n) is 2.74. The molecule has 4 nitrogen and oxygen atoms in total. The first-order chi connectivity index (χ1) is 9.51. The molecule has 2 rings (SSSR count). The lowest BCUT2D eigenvalue weighted by Gasteiger charge is -2.11. The number of benzene rings is 2. The van der Waals surface area contributed by atoms with E-state index in [0.29, 0.717) is 21.9 Å². The number of nitrogens with zero attached hydrogens (tertiary/aromatic N) is 1. The van der Waals surface area contributed by atoms with Gasteiger partial charge >= 0.3 is 0 Å². The maximum atomic E-state index is 10.8. The lowest BCUT2D eigenvalue weighted by molar-refractivity contribution is -0.384. The molecule has 0 N–H and O–H groups in total. The van der Waals surface area contributed by atoms with Crippen LogP contribution >= 0.6 is 27.5 Å². The van der Waals surface area contributed by atoms with Crippen LogP contribution in [0.15, 0.2) is 40.9 Å². The quantitative estimate of drug-likeness (QED) is 0.430. The van der Waals surface area contributed by atoms with Crippen molar-refractivity contribution in [3.63, 3.8) is 0 Å². The van der Waals surface area contributed by atoms with Gasteiger partial charge in [0.2, 0.25) is 0 Å². The van der Waals surface area contributed by atoms with Gasteiger partial charge in [0.25, 0.3) is 5.69 Å². The van der Waals surface area contributed by atoms with Crippen LogP contribution in [0.4, 0.5) is 5.69 Å². The Morgan fingerprint density at radius 2 is 2.00 bits per heavy atom. The fourth-order valence-electron chi connectivity index (χ4n) is 1.71. The minimum atomic E-state index is -0.456. The Morgan fingerprint density at radius 3 is 2.60 bits per heavy atom. The highest BCUT2D eigenvalue weighted by Gasteiger charge is 2.12. The third kappa shape index (κ3) is 3.29. The second-order valence-corrected chi connectivity index (χ2v) is 5.33. The summed E-state index contributed by atoms with van der Waals surface area (Å²) < 4.78 is 6.39. The van der Waals surface area contributed by atoms with Crippen molar-refractivity contribution in [2.24, 2.45) is 0 Å². The predicted octanol–water partition coefficient (Wildman–Crippen LogP) is 5.20. The summed E-state index contributed by atoms with van der Waals surface area (Å²) in [7, 11) is 0. The van der Waals surface area contributed by atoms with Crippen molar-refractivity contribution in [3.05, 3.63) is 62.1 Å². The maximum absolute atomic E-state index is 10.8. The van der Waals surface area contributed by atoms with E-state index in [-0.39, 0.29) is 5.69 Å². The molecule has 104 valence electrons. The Labute approximate surface area is 129 Å². The molecule has 0 bridgehead atoms. The van der Waals surface area contributed by atoms with E-state index in [2.05, 4.69) is 15.9 Å². The SMILES string of the molecule is Cc1cc(CCl)ccc1Oc1cc([N+](=O)[O-])ccc1Br. The molecule has 0 saturated heterocycles. The van der Waals surface area contributed by atoms with Crippen molar-refractivity contribution in [2.45, 2.75) is 12.8 Å². The molecule has 0 aliphatic carbocycles. The van der Waals surface area contributed by atoms with E-state index in [1.54, 1.807) is 12.1 Å². The largest absolute Gasteiger partial charge is 0.456 e. The van der Waals surface area contributed by atoms with Crippen molar-refractivity contribution in [3.8, 4) is 11.5 Å². The number of aryl methyl sites for hydroxylation is 1. The van der Waals surface area contributed by atoms with E-state index in [1.807, 2.05) is 19.1 Å². The van der Waals surface area contributed by atoms with E-state index in [0.717, 1.165) is 11.1 Å². The summed E-state index contributed by atoms with van der Waals surface area (Å²) >= 11 is 9.09. The lowest BCUT2D eigenvalue weighted by Crippen LogP contribution is -1.93. The molecular weight excluding hydrogens is 346 g/mol. The molecule has 0 spiro atoms. The summed E-state index contributed by atoms with van der Waals surface area (Å²) in [6.45, 7) is 1.90. The van der Waals surface area contributed by atoms with Crippen molar-refractivity contribution >= 4 is 33.2 Å². The number of halogens is 2. The molecule has 0 fully saturated rings. The lowest BCUT2D eigenvalue weighted by atomic mass is 10.1. The number of rotatable bonds is 4. The van der Waals surface area contributed by atoms with Gasteiger partial charge in [0.15, 0.2) is 0 Å². The van der Waals surface area contributed by atoms with Gasteiger partial charge in [-0.15, -0.1) is 11.6 Å². The predicted molar refractivity (Wildman–Crippen MR) is 81.6 cm³/mol. The molecule has 0 aliphatic rings. The van der Waals surface area contributed by atoms with Crippen molar-refractivity contribution in [1.82, 2.24) is 0 Å². The van der Waals surface area contributed by atoms with Crippen LogP contribution in [0.5, 0.6) is 11.5 Å². The molecule has 0 radical (unpaired) electrons. The second-order valence-electron chi connectivity index (χ2n) is 4.21. The minimum Gasteiger partial charge on any atom is -0.456 e. The zero-order chi connectivity index (χ0) is 14.7. The van der Waals surface area contributed by atoms with Gasteiger partial charge in [0.1, 0.15) is 11.5 Å². The first-order valence-corrected chi connectivity index (χ1v) is 7.11. The highest BCUT2D eigenvalue weighted by Crippen LogP contribution is 2.34. The van der Waals surface area contributed by atoms with Crippen molar-refractivity contribution < 1.29 is 9.66 Å². The van der Waals surface area contributed by atoms with Gasteiger partial charge in [-0.1, -0.05) is 12.1 Å². The summed E-state index contributed by atoms with van der Waals surface area (Å²) in [6.07, 6.45) is 0. The van der Waals surface area contributed by atoms with E-state index in [4.69, 9.17) is 16.3 Å². The molecule has 0 amide bonds. The molecule has 0 saturated carbocycles. The van der Waals surface area contributed by atoms with Crippen LogP contribution in [0, 0.1) is 17.0 Å². The van der Waals surface area contributed by atoms with Crippen LogP contribution in [0.25, 0.3) is 0 Å². The van der Waals surface area contributed by atoms with Crippen LogP contribution in [0.3, 0.4) is 0 Å². The molecule has 0 unspecified atom stereocenters. The normalized spacial score (nSPS) is 10.3. The Hall–Kier alpha value is -1.59. The Morgan fingerprint density at radius 1 is 1.25 bits per heavy atom. The van der Waals surface area contributed by atoms with Crippen LogP contribution in [0.2, 0.25) is 0 Å². The Kier molecular flexibility index (Phi) is 4.62. The maximum Gasteiger partial charge on any atom is 0.273 e. The molecule has 0 heterocycles. The molecule has 0 aromatic heterocycles. The summed E-state index contributed by atoms with van der Waals surface area (Å²) in [5.74, 6) is 1.47. The monoisotopic (exact) mass is 355 g/mol. The number of nitro benzene ring substituents is 1. The number of hydrogen-bond acceptors (Lipinski definition) is 3. The van der Waals surface area contributed by atoms with Gasteiger partial charge in [-0.2, -0.15) is 0 Å². The molecule has 0 aliphatic heterocycles. The van der Waals surface area contributed by atoms with Gasteiger partial charge in [0.05, 0.1) is 15.5 Å². The fourth-order valence-corrected chi connectivity index (χ4v) is 2.21. The van der Waals surface area contributed by atoms with Crippen LogP contribution in [0.1, 0.15) is 11.1 Å². The fraction of sp³-hybridized carbons (Fsp3) is 0.143. The number of ether oxygens (including phenoxy) is 1. The van der Waals surface area contributed by atoms with Gasteiger partial charge in [-0.25, -0.2) is 0 Å². The van der Waals surface area contributed by atoms with Crippen molar-refractivity contribution in [1.29, 1.82) is 0 Å². The summed E-state index contributed by atoms with van der Waals surface area (Å²) in [6, 6.07) is 9.99. The highest BCUT2D eigenvalue weighted by atomic mass is 79.9. The zero-order valence-corrected chi connectivity index (χ0v) is 12.9. The summed E-state index contributed by atoms with van der Waals surface area (Å²) in [5, 5.41) is 10.8. The summed E-state index contributed by atoms with van der Waals surface area (Å²) in [4.78, 5) is 10.3. The number of hydrogen-bond donors (Lipinski definition) is 0. The molecule has 2 aromatic rings. The minimum absolute atomic E-state index is 0.0155. The van der Waals surface area contributed by atoms with E-state index in [1.165, 1.54) is 12.1 Å². The van der Waals surface area contributed by atoms with Gasteiger partial charge < -0.3 is 4.74 Å². The molecule has 0 atom stereocenters. The van der Waals surface area contributed by atoms with Gasteiger partial charge in [-0.3, -0.25) is 10.1 Å². The topological polar surface area (TPSA) is 52.4 Å². The van der Waals surface area contributed by atoms with Crippen molar-refractivity contribution in [2.75, 3.05) is 0 Å². The van der Waals surface area contributed by atoms with E-state index < -0.39 is 4.92 Å². The van der Waals surface area contributed by atoms with Crippen LogP contribution in [-0.4, -0.2) is 4.92 Å². The highest BCUT2D eigenvalue weighted by molar-refractivity contribution is 9.10.